The predicted molar refractivity (Wildman–Crippen MR) is 86.8 cm³/mol. The highest BCUT2D eigenvalue weighted by Crippen LogP contribution is 2.39. The molecule has 0 atom stereocenters. The van der Waals surface area contributed by atoms with Crippen molar-refractivity contribution in [1.29, 1.82) is 0 Å². The number of methoxy groups -OCH3 is 1. The topological polar surface area (TPSA) is 87.0 Å². The van der Waals surface area contributed by atoms with Crippen molar-refractivity contribution >= 4 is 34.1 Å². The largest absolute Gasteiger partial charge is 0.495 e. The Kier molecular flexibility index (Phi) is 3.99. The van der Waals surface area contributed by atoms with E-state index in [1.807, 2.05) is 0 Å². The van der Waals surface area contributed by atoms with Crippen molar-refractivity contribution in [3.63, 3.8) is 0 Å². The third-order valence-electron chi connectivity index (χ3n) is 3.28. The lowest BCUT2D eigenvalue weighted by Crippen LogP contribution is -1.92. The first-order valence-corrected chi connectivity index (χ1v) is 7.07. The van der Waals surface area contributed by atoms with E-state index in [4.69, 9.17) is 16.3 Å². The van der Waals surface area contributed by atoms with Gasteiger partial charge in [0.25, 0.3) is 5.91 Å². The van der Waals surface area contributed by atoms with Gasteiger partial charge in [-0.25, -0.2) is 0 Å². The molecule has 0 aliphatic carbocycles. The highest BCUT2D eigenvalue weighted by Gasteiger charge is 2.14. The number of fused-ring (bicyclic) bond motifs is 1. The van der Waals surface area contributed by atoms with Crippen molar-refractivity contribution in [3.8, 4) is 11.6 Å². The summed E-state index contributed by atoms with van der Waals surface area (Å²) in [6.45, 7) is 0. The predicted octanol–water partition coefficient (Wildman–Crippen LogP) is 4.46. The highest BCUT2D eigenvalue weighted by molar-refractivity contribution is 6.30. The number of amides is 1. The molecule has 1 amide bonds. The van der Waals surface area contributed by atoms with Crippen molar-refractivity contribution in [3.05, 3.63) is 53.1 Å². The molecule has 6 nitrogen and oxygen atoms in total. The van der Waals surface area contributed by atoms with Crippen LogP contribution in [0.15, 0.2) is 52.7 Å². The number of aromatic amines is 1. The van der Waals surface area contributed by atoms with Crippen LogP contribution in [0.25, 0.3) is 10.9 Å². The van der Waals surface area contributed by atoms with Crippen molar-refractivity contribution < 1.29 is 14.6 Å². The smallest absolute Gasteiger partial charge is 0.295 e. The Hall–Kier alpha value is -2.86. The summed E-state index contributed by atoms with van der Waals surface area (Å²) in [6, 6.07) is 11.6. The molecule has 0 saturated heterocycles. The summed E-state index contributed by atoms with van der Waals surface area (Å²) in [4.78, 5) is 14.8. The Morgan fingerprint density at radius 1 is 1.26 bits per heavy atom. The van der Waals surface area contributed by atoms with Crippen LogP contribution in [0.1, 0.15) is 10.4 Å². The van der Waals surface area contributed by atoms with Crippen molar-refractivity contribution in [2.24, 2.45) is 10.2 Å². The first-order chi connectivity index (χ1) is 11.1. The van der Waals surface area contributed by atoms with Crippen LogP contribution >= 0.6 is 11.6 Å². The number of benzene rings is 2. The van der Waals surface area contributed by atoms with Gasteiger partial charge in [0.1, 0.15) is 5.75 Å². The molecular formula is C16H12ClN3O3. The van der Waals surface area contributed by atoms with Crippen LogP contribution in [0.4, 0.5) is 5.69 Å². The van der Waals surface area contributed by atoms with Gasteiger partial charge in [-0.05, 0) is 24.3 Å². The second kappa shape index (κ2) is 6.10. The van der Waals surface area contributed by atoms with Crippen LogP contribution in [-0.2, 0) is 0 Å². The molecule has 3 rings (SSSR count). The van der Waals surface area contributed by atoms with Gasteiger partial charge in [0, 0.05) is 16.0 Å². The number of azo groups is 1. The van der Waals surface area contributed by atoms with E-state index in [-0.39, 0.29) is 11.6 Å². The van der Waals surface area contributed by atoms with Crippen LogP contribution < -0.4 is 4.74 Å². The number of carbonyl (C=O) groups is 1. The van der Waals surface area contributed by atoms with Crippen LogP contribution in [0.2, 0.25) is 5.02 Å². The number of H-pyrrole nitrogens is 1. The Labute approximate surface area is 136 Å². The summed E-state index contributed by atoms with van der Waals surface area (Å²) in [5, 5.41) is 18.5. The van der Waals surface area contributed by atoms with Gasteiger partial charge in [0.05, 0.1) is 12.6 Å². The van der Waals surface area contributed by atoms with Gasteiger partial charge in [-0.2, -0.15) is 0 Å². The highest BCUT2D eigenvalue weighted by atomic mass is 35.5. The third-order valence-corrected chi connectivity index (χ3v) is 3.52. The van der Waals surface area contributed by atoms with Gasteiger partial charge >= 0.3 is 0 Å². The Morgan fingerprint density at radius 3 is 2.78 bits per heavy atom. The van der Waals surface area contributed by atoms with Crippen molar-refractivity contribution in [2.45, 2.75) is 0 Å². The minimum atomic E-state index is -0.552. The number of carbonyl (C=O) groups excluding carboxylic acids is 1. The molecule has 0 unspecified atom stereocenters. The SMILES string of the molecule is COc1cccc2c(N=NC(=O)c3cccc(Cl)c3)c(O)[nH]c12. The summed E-state index contributed by atoms with van der Waals surface area (Å²) in [5.41, 5.74) is 1.07. The zero-order chi connectivity index (χ0) is 16.4. The van der Waals surface area contributed by atoms with Gasteiger partial charge in [0.2, 0.25) is 5.88 Å². The summed E-state index contributed by atoms with van der Waals surface area (Å²) >= 11 is 5.84. The van der Waals surface area contributed by atoms with E-state index in [0.29, 0.717) is 27.2 Å². The summed E-state index contributed by atoms with van der Waals surface area (Å²) in [6.07, 6.45) is 0. The number of ether oxygens (including phenoxy) is 1. The number of nitrogens with zero attached hydrogens (tertiary/aromatic N) is 2. The molecule has 1 aromatic heterocycles. The standard InChI is InChI=1S/C16H12ClN3O3/c1-23-12-7-3-6-11-13(12)18-16(22)14(11)19-20-15(21)9-4-2-5-10(17)8-9/h2-8,18,22H,1H3. The number of nitrogens with one attached hydrogen (secondary N) is 1. The van der Waals surface area contributed by atoms with E-state index in [1.165, 1.54) is 13.2 Å². The molecule has 3 aromatic rings. The molecule has 0 radical (unpaired) electrons. The molecule has 0 fully saturated rings. The Balaban J connectivity index is 1.98. The van der Waals surface area contributed by atoms with Gasteiger partial charge in [-0.1, -0.05) is 29.8 Å². The third kappa shape index (κ3) is 2.89. The maximum atomic E-state index is 12.0. The number of hydrogen-bond donors (Lipinski definition) is 2. The fourth-order valence-corrected chi connectivity index (χ4v) is 2.40. The summed E-state index contributed by atoms with van der Waals surface area (Å²) < 4.78 is 5.21. The normalized spacial score (nSPS) is 11.2. The number of halogens is 1. The van der Waals surface area contributed by atoms with Gasteiger partial charge in [-0.3, -0.25) is 4.79 Å². The maximum Gasteiger partial charge on any atom is 0.295 e. The fraction of sp³-hybridized carbons (Fsp3) is 0.0625. The first-order valence-electron chi connectivity index (χ1n) is 6.69. The molecule has 1 heterocycles. The summed E-state index contributed by atoms with van der Waals surface area (Å²) in [7, 11) is 1.52. The molecule has 7 heteroatoms. The first kappa shape index (κ1) is 15.1. The van der Waals surface area contributed by atoms with E-state index < -0.39 is 5.91 Å². The van der Waals surface area contributed by atoms with E-state index in [9.17, 15) is 9.90 Å². The molecule has 0 aliphatic heterocycles. The zero-order valence-corrected chi connectivity index (χ0v) is 12.8. The molecule has 0 spiro atoms. The lowest BCUT2D eigenvalue weighted by atomic mass is 10.2. The van der Waals surface area contributed by atoms with E-state index in [2.05, 4.69) is 15.2 Å². The quantitative estimate of drug-likeness (QED) is 0.695. The monoisotopic (exact) mass is 329 g/mol. The van der Waals surface area contributed by atoms with E-state index >= 15 is 0 Å². The average molecular weight is 330 g/mol. The van der Waals surface area contributed by atoms with Crippen molar-refractivity contribution in [1.82, 2.24) is 4.98 Å². The van der Waals surface area contributed by atoms with Crippen molar-refractivity contribution in [2.75, 3.05) is 7.11 Å². The molecule has 116 valence electrons. The number of para-hydroxylation sites is 1. The molecule has 2 aromatic carbocycles. The number of aromatic nitrogens is 1. The number of aromatic hydroxyl groups is 1. The van der Waals surface area contributed by atoms with Crippen LogP contribution in [0, 0.1) is 0 Å². The molecule has 23 heavy (non-hydrogen) atoms. The Bertz CT molecular complexity index is 918. The number of rotatable bonds is 3. The lowest BCUT2D eigenvalue weighted by Gasteiger charge is -1.99. The van der Waals surface area contributed by atoms with Gasteiger partial charge in [0.15, 0.2) is 5.69 Å². The molecule has 0 saturated carbocycles. The zero-order valence-electron chi connectivity index (χ0n) is 12.1. The second-order valence-corrected chi connectivity index (χ2v) is 5.16. The minimum Gasteiger partial charge on any atom is -0.495 e. The van der Waals surface area contributed by atoms with E-state index in [1.54, 1.807) is 36.4 Å². The summed E-state index contributed by atoms with van der Waals surface area (Å²) in [5.74, 6) is -0.184. The average Bonchev–Trinajstić information content (AvgIpc) is 2.88. The second-order valence-electron chi connectivity index (χ2n) is 4.72. The van der Waals surface area contributed by atoms with E-state index in [0.717, 1.165) is 0 Å². The maximum absolute atomic E-state index is 12.0. The molecular weight excluding hydrogens is 318 g/mol. The molecule has 2 N–H and O–H groups in total. The minimum absolute atomic E-state index is 0.175. The fourth-order valence-electron chi connectivity index (χ4n) is 2.21. The lowest BCUT2D eigenvalue weighted by molar-refractivity contribution is 0.0995. The molecule has 0 bridgehead atoms. The molecule has 0 aliphatic rings. The Morgan fingerprint density at radius 2 is 2.04 bits per heavy atom. The van der Waals surface area contributed by atoms with Gasteiger partial charge < -0.3 is 14.8 Å². The van der Waals surface area contributed by atoms with Crippen LogP contribution in [-0.4, -0.2) is 23.1 Å². The van der Waals surface area contributed by atoms with Gasteiger partial charge in [-0.15, -0.1) is 10.2 Å². The van der Waals surface area contributed by atoms with Crippen LogP contribution in [0.3, 0.4) is 0 Å². The number of hydrogen-bond acceptors (Lipinski definition) is 4. The van der Waals surface area contributed by atoms with Crippen LogP contribution in [0.5, 0.6) is 11.6 Å².